The Hall–Kier alpha value is -2.87. The van der Waals surface area contributed by atoms with Crippen LogP contribution in [0.1, 0.15) is 13.8 Å². The molecule has 146 valence electrons. The number of carbonyl (C=O) groups is 1. The lowest BCUT2D eigenvalue weighted by Gasteiger charge is -2.14. The highest BCUT2D eigenvalue weighted by Crippen LogP contribution is 2.28. The average molecular weight is 400 g/mol. The van der Waals surface area contributed by atoms with Crippen LogP contribution in [-0.2, 0) is 11.8 Å². The molecule has 0 unspecified atom stereocenters. The summed E-state index contributed by atoms with van der Waals surface area (Å²) in [6.07, 6.45) is 0. The molecular weight excluding hydrogens is 379 g/mol. The van der Waals surface area contributed by atoms with Gasteiger partial charge in [0.1, 0.15) is 11.6 Å². The highest BCUT2D eigenvalue weighted by molar-refractivity contribution is 8.00. The van der Waals surface area contributed by atoms with Gasteiger partial charge in [-0.05, 0) is 50.2 Å². The molecule has 0 fully saturated rings. The van der Waals surface area contributed by atoms with E-state index in [1.165, 1.54) is 23.9 Å². The van der Waals surface area contributed by atoms with Gasteiger partial charge in [0, 0.05) is 12.6 Å². The number of ether oxygens (including phenoxy) is 1. The zero-order valence-electron chi connectivity index (χ0n) is 15.8. The summed E-state index contributed by atoms with van der Waals surface area (Å²) in [7, 11) is 1.82. The smallest absolute Gasteiger partial charge is 0.237 e. The highest BCUT2D eigenvalue weighted by Gasteiger charge is 2.20. The molecule has 0 bridgehead atoms. The average Bonchev–Trinajstić information content (AvgIpc) is 3.04. The molecule has 8 heteroatoms. The minimum Gasteiger partial charge on any atom is -0.492 e. The van der Waals surface area contributed by atoms with Gasteiger partial charge in [-0.3, -0.25) is 4.79 Å². The summed E-state index contributed by atoms with van der Waals surface area (Å²) in [4.78, 5) is 12.6. The standard InChI is InChI=1S/C20H21FN4O2S/c1-4-27-17-8-6-5-7-16(17)22-19(26)13(2)28-20-24-23-18(25(20)3)14-9-11-15(21)12-10-14/h5-13H,4H2,1-3H3,(H,22,26)/t13-/m0/s1. The van der Waals surface area contributed by atoms with Gasteiger partial charge in [-0.15, -0.1) is 10.2 Å². The number of benzene rings is 2. The molecule has 6 nitrogen and oxygen atoms in total. The van der Waals surface area contributed by atoms with Crippen molar-refractivity contribution in [2.45, 2.75) is 24.3 Å². The number of anilines is 1. The van der Waals surface area contributed by atoms with Crippen LogP contribution in [0.4, 0.5) is 10.1 Å². The van der Waals surface area contributed by atoms with Gasteiger partial charge in [-0.2, -0.15) is 0 Å². The summed E-state index contributed by atoms with van der Waals surface area (Å²) in [5.74, 6) is 0.770. The quantitative estimate of drug-likeness (QED) is 0.604. The predicted molar refractivity (Wildman–Crippen MR) is 108 cm³/mol. The number of rotatable bonds is 7. The Morgan fingerprint density at radius 3 is 2.64 bits per heavy atom. The molecule has 3 rings (SSSR count). The summed E-state index contributed by atoms with van der Waals surface area (Å²) >= 11 is 1.30. The van der Waals surface area contributed by atoms with Crippen LogP contribution in [0.3, 0.4) is 0 Å². The third-order valence-electron chi connectivity index (χ3n) is 4.03. The number of nitrogens with zero attached hydrogens (tertiary/aromatic N) is 3. The first-order chi connectivity index (χ1) is 13.5. The minimum absolute atomic E-state index is 0.163. The van der Waals surface area contributed by atoms with E-state index in [0.717, 1.165) is 5.56 Å². The fraction of sp³-hybridized carbons (Fsp3) is 0.250. The molecule has 0 saturated heterocycles. The second kappa shape index (κ2) is 8.88. The van der Waals surface area contributed by atoms with E-state index in [4.69, 9.17) is 4.74 Å². The van der Waals surface area contributed by atoms with Gasteiger partial charge in [0.15, 0.2) is 11.0 Å². The SMILES string of the molecule is CCOc1ccccc1NC(=O)[C@H](C)Sc1nnc(-c2ccc(F)cc2)n1C. The van der Waals surface area contributed by atoms with E-state index in [2.05, 4.69) is 15.5 Å². The number of aromatic nitrogens is 3. The maximum Gasteiger partial charge on any atom is 0.237 e. The number of halogens is 1. The highest BCUT2D eigenvalue weighted by atomic mass is 32.2. The number of hydrogen-bond donors (Lipinski definition) is 1. The van der Waals surface area contributed by atoms with Crippen molar-refractivity contribution in [1.29, 1.82) is 0 Å². The van der Waals surface area contributed by atoms with Crippen LogP contribution in [0.5, 0.6) is 5.75 Å². The molecule has 1 N–H and O–H groups in total. The van der Waals surface area contributed by atoms with Gasteiger partial charge in [-0.1, -0.05) is 23.9 Å². The maximum atomic E-state index is 13.1. The van der Waals surface area contributed by atoms with Gasteiger partial charge < -0.3 is 14.6 Å². The zero-order valence-corrected chi connectivity index (χ0v) is 16.7. The number of hydrogen-bond acceptors (Lipinski definition) is 5. The van der Waals surface area contributed by atoms with Gasteiger partial charge in [0.05, 0.1) is 17.5 Å². The lowest BCUT2D eigenvalue weighted by molar-refractivity contribution is -0.115. The Balaban J connectivity index is 1.70. The summed E-state index contributed by atoms with van der Waals surface area (Å²) in [5.41, 5.74) is 1.39. The van der Waals surface area contributed by atoms with E-state index in [1.54, 1.807) is 29.7 Å². The molecule has 0 spiro atoms. The van der Waals surface area contributed by atoms with Crippen molar-refractivity contribution in [2.24, 2.45) is 7.05 Å². The summed E-state index contributed by atoms with van der Waals surface area (Å²) < 4.78 is 20.5. The number of thioether (sulfide) groups is 1. The van der Waals surface area contributed by atoms with Crippen LogP contribution in [0.2, 0.25) is 0 Å². The van der Waals surface area contributed by atoms with Gasteiger partial charge >= 0.3 is 0 Å². The fourth-order valence-corrected chi connectivity index (χ4v) is 3.38. The maximum absolute atomic E-state index is 13.1. The van der Waals surface area contributed by atoms with E-state index in [0.29, 0.717) is 29.0 Å². The molecule has 1 atom stereocenters. The zero-order chi connectivity index (χ0) is 20.1. The molecule has 3 aromatic rings. The van der Waals surface area contributed by atoms with E-state index in [9.17, 15) is 9.18 Å². The Labute approximate surface area is 167 Å². The van der Waals surface area contributed by atoms with Gasteiger partial charge in [-0.25, -0.2) is 4.39 Å². The lowest BCUT2D eigenvalue weighted by atomic mass is 10.2. The van der Waals surface area contributed by atoms with E-state index in [-0.39, 0.29) is 11.7 Å². The first-order valence-corrected chi connectivity index (χ1v) is 9.72. The molecule has 1 heterocycles. The van der Waals surface area contributed by atoms with E-state index < -0.39 is 5.25 Å². The van der Waals surface area contributed by atoms with Gasteiger partial charge in [0.25, 0.3) is 0 Å². The van der Waals surface area contributed by atoms with Crippen molar-refractivity contribution in [1.82, 2.24) is 14.8 Å². The Kier molecular flexibility index (Phi) is 6.30. The van der Waals surface area contributed by atoms with Crippen molar-refractivity contribution in [2.75, 3.05) is 11.9 Å². The number of carbonyl (C=O) groups excluding carboxylic acids is 1. The molecule has 1 aromatic heterocycles. The van der Waals surface area contributed by atoms with Crippen LogP contribution < -0.4 is 10.1 Å². The molecule has 0 aliphatic rings. The fourth-order valence-electron chi connectivity index (χ4n) is 2.57. The van der Waals surface area contributed by atoms with E-state index >= 15 is 0 Å². The lowest BCUT2D eigenvalue weighted by Crippen LogP contribution is -2.23. The topological polar surface area (TPSA) is 69.0 Å². The summed E-state index contributed by atoms with van der Waals surface area (Å²) in [6, 6.07) is 13.4. The van der Waals surface area contributed by atoms with Crippen LogP contribution in [0, 0.1) is 5.82 Å². The summed E-state index contributed by atoms with van der Waals surface area (Å²) in [5, 5.41) is 11.4. The number of nitrogens with one attached hydrogen (secondary N) is 1. The molecule has 0 saturated carbocycles. The normalized spacial score (nSPS) is 11.9. The minimum atomic E-state index is -0.404. The molecule has 0 aliphatic heterocycles. The predicted octanol–water partition coefficient (Wildman–Crippen LogP) is 4.14. The Morgan fingerprint density at radius 1 is 1.21 bits per heavy atom. The van der Waals surface area contributed by atoms with E-state index in [1.807, 2.05) is 32.2 Å². The summed E-state index contributed by atoms with van der Waals surface area (Å²) in [6.45, 7) is 4.21. The molecule has 2 aromatic carbocycles. The van der Waals surface area contributed by atoms with Crippen LogP contribution in [0.15, 0.2) is 53.7 Å². The number of amides is 1. The molecule has 28 heavy (non-hydrogen) atoms. The monoisotopic (exact) mass is 400 g/mol. The van der Waals surface area contributed by atoms with Crippen molar-refractivity contribution >= 4 is 23.4 Å². The van der Waals surface area contributed by atoms with Crippen molar-refractivity contribution in [3.8, 4) is 17.1 Å². The van der Waals surface area contributed by atoms with Crippen molar-refractivity contribution < 1.29 is 13.9 Å². The van der Waals surface area contributed by atoms with Crippen LogP contribution >= 0.6 is 11.8 Å². The first-order valence-electron chi connectivity index (χ1n) is 8.84. The third kappa shape index (κ3) is 4.51. The van der Waals surface area contributed by atoms with Crippen LogP contribution in [-0.4, -0.2) is 32.5 Å². The van der Waals surface area contributed by atoms with Crippen molar-refractivity contribution in [3.05, 3.63) is 54.3 Å². The number of para-hydroxylation sites is 2. The third-order valence-corrected chi connectivity index (χ3v) is 5.17. The van der Waals surface area contributed by atoms with Crippen molar-refractivity contribution in [3.63, 3.8) is 0 Å². The Bertz CT molecular complexity index is 959. The Morgan fingerprint density at radius 2 is 1.93 bits per heavy atom. The molecule has 0 radical (unpaired) electrons. The molecule has 1 amide bonds. The second-order valence-corrected chi connectivity index (χ2v) is 7.36. The molecular formula is C20H21FN4O2S. The first kappa shape index (κ1) is 19.9. The molecule has 0 aliphatic carbocycles. The van der Waals surface area contributed by atoms with Crippen LogP contribution in [0.25, 0.3) is 11.4 Å². The largest absolute Gasteiger partial charge is 0.492 e. The second-order valence-electron chi connectivity index (χ2n) is 6.05. The van der Waals surface area contributed by atoms with Gasteiger partial charge in [0.2, 0.25) is 5.91 Å².